The van der Waals surface area contributed by atoms with E-state index in [2.05, 4.69) is 20.3 Å². The summed E-state index contributed by atoms with van der Waals surface area (Å²) in [5.74, 6) is -1.73. The molecule has 0 spiro atoms. The van der Waals surface area contributed by atoms with E-state index in [0.29, 0.717) is 5.69 Å². The van der Waals surface area contributed by atoms with Crippen LogP contribution in [0.2, 0.25) is 0 Å². The molecule has 1 aliphatic heterocycles. The molecule has 0 unspecified atom stereocenters. The molecule has 0 bridgehead atoms. The molecule has 184 valence electrons. The number of carbonyl (C=O) groups excluding carboxylic acids is 3. The molecule has 1 fully saturated rings. The highest BCUT2D eigenvalue weighted by atomic mass is 16.7. The average molecular weight is 485 g/mol. The van der Waals surface area contributed by atoms with Crippen LogP contribution in [0.3, 0.4) is 0 Å². The van der Waals surface area contributed by atoms with Gasteiger partial charge in [0.15, 0.2) is 29.6 Å². The summed E-state index contributed by atoms with van der Waals surface area (Å²) in [6, 6.07) is 9.07. The van der Waals surface area contributed by atoms with Gasteiger partial charge in [0.1, 0.15) is 12.7 Å². The van der Waals surface area contributed by atoms with Crippen molar-refractivity contribution in [3.63, 3.8) is 0 Å². The highest BCUT2D eigenvalue weighted by Gasteiger charge is 2.51. The van der Waals surface area contributed by atoms with E-state index in [-0.39, 0.29) is 23.7 Å². The van der Waals surface area contributed by atoms with Crippen LogP contribution in [0, 0.1) is 0 Å². The van der Waals surface area contributed by atoms with Crippen LogP contribution in [0.1, 0.15) is 27.0 Å². The molecule has 13 nitrogen and oxygen atoms in total. The first-order valence-electron chi connectivity index (χ1n) is 10.6. The Bertz CT molecular complexity index is 1300. The Labute approximate surface area is 198 Å². The van der Waals surface area contributed by atoms with E-state index in [0.717, 1.165) is 0 Å². The lowest BCUT2D eigenvalue weighted by Gasteiger charge is -2.23. The fourth-order valence-electron chi connectivity index (χ4n) is 3.75. The second-order valence-electron chi connectivity index (χ2n) is 7.75. The van der Waals surface area contributed by atoms with Gasteiger partial charge in [-0.1, -0.05) is 18.2 Å². The molecule has 13 heteroatoms. The van der Waals surface area contributed by atoms with Gasteiger partial charge in [-0.2, -0.15) is 4.98 Å². The number of fused-ring (bicyclic) bond motifs is 1. The maximum atomic E-state index is 12.7. The molecule has 4 atom stereocenters. The van der Waals surface area contributed by atoms with E-state index < -0.39 is 48.0 Å². The molecule has 1 saturated heterocycles. The van der Waals surface area contributed by atoms with Crippen LogP contribution in [0.15, 0.2) is 41.5 Å². The first kappa shape index (κ1) is 23.9. The molecule has 3 heterocycles. The van der Waals surface area contributed by atoms with E-state index in [1.54, 1.807) is 12.1 Å². The summed E-state index contributed by atoms with van der Waals surface area (Å²) in [6.45, 7) is 3.34. The number of carbonyl (C=O) groups is 3. The molecule has 3 aromatic rings. The highest BCUT2D eigenvalue weighted by Crippen LogP contribution is 2.35. The van der Waals surface area contributed by atoms with Crippen LogP contribution >= 0.6 is 0 Å². The van der Waals surface area contributed by atoms with Crippen LogP contribution in [0.25, 0.3) is 11.2 Å². The minimum Gasteiger partial charge on any atom is -0.463 e. The lowest BCUT2D eigenvalue weighted by atomic mass is 10.1. The van der Waals surface area contributed by atoms with Gasteiger partial charge in [0.2, 0.25) is 5.95 Å². The van der Waals surface area contributed by atoms with Crippen molar-refractivity contribution in [1.82, 2.24) is 19.5 Å². The van der Waals surface area contributed by atoms with E-state index in [1.165, 1.54) is 31.7 Å². The average Bonchev–Trinajstić information content (AvgIpc) is 3.34. The molecule has 0 saturated carbocycles. The highest BCUT2D eigenvalue weighted by molar-refractivity contribution is 5.72. The zero-order valence-electron chi connectivity index (χ0n) is 19.1. The van der Waals surface area contributed by atoms with Crippen LogP contribution in [0.4, 0.5) is 11.6 Å². The Hall–Kier alpha value is -4.26. The van der Waals surface area contributed by atoms with Gasteiger partial charge < -0.3 is 24.3 Å². The summed E-state index contributed by atoms with van der Waals surface area (Å²) in [7, 11) is 0. The third-order valence-electron chi connectivity index (χ3n) is 5.08. The number of esters is 3. The Morgan fingerprint density at radius 3 is 2.40 bits per heavy atom. The Kier molecular flexibility index (Phi) is 6.78. The smallest absolute Gasteiger partial charge is 0.303 e. The maximum Gasteiger partial charge on any atom is 0.303 e. The van der Waals surface area contributed by atoms with Crippen molar-refractivity contribution in [2.75, 3.05) is 11.9 Å². The summed E-state index contributed by atoms with van der Waals surface area (Å²) >= 11 is 0. The quantitative estimate of drug-likeness (QED) is 0.365. The van der Waals surface area contributed by atoms with Gasteiger partial charge in [0.05, 0.1) is 6.33 Å². The predicted molar refractivity (Wildman–Crippen MR) is 120 cm³/mol. The van der Waals surface area contributed by atoms with Crippen molar-refractivity contribution in [3.05, 3.63) is 47.0 Å². The monoisotopic (exact) mass is 485 g/mol. The molecule has 0 amide bonds. The molecule has 0 radical (unpaired) electrons. The third kappa shape index (κ3) is 5.30. The van der Waals surface area contributed by atoms with Gasteiger partial charge in [0.25, 0.3) is 5.56 Å². The molecule has 0 aliphatic carbocycles. The summed E-state index contributed by atoms with van der Waals surface area (Å²) in [4.78, 5) is 58.9. The van der Waals surface area contributed by atoms with Crippen LogP contribution in [-0.4, -0.2) is 62.3 Å². The number of imidazole rings is 1. The van der Waals surface area contributed by atoms with Gasteiger partial charge in [-0.05, 0) is 12.1 Å². The summed E-state index contributed by atoms with van der Waals surface area (Å²) in [5, 5.41) is 3.00. The number of nitrogens with zero attached hydrogens (tertiary/aromatic N) is 3. The number of nitrogens with one attached hydrogen (secondary N) is 2. The number of para-hydroxylation sites is 1. The number of rotatable bonds is 7. The zero-order chi connectivity index (χ0) is 25.1. The van der Waals surface area contributed by atoms with E-state index in [9.17, 15) is 19.2 Å². The normalized spacial score (nSPS) is 21.5. The molecule has 35 heavy (non-hydrogen) atoms. The van der Waals surface area contributed by atoms with Crippen molar-refractivity contribution in [1.29, 1.82) is 0 Å². The molecular weight excluding hydrogens is 462 g/mol. The van der Waals surface area contributed by atoms with E-state index in [4.69, 9.17) is 18.9 Å². The van der Waals surface area contributed by atoms with Gasteiger partial charge in [-0.15, -0.1) is 0 Å². The molecule has 1 aliphatic rings. The van der Waals surface area contributed by atoms with Crippen LogP contribution in [-0.2, 0) is 33.3 Å². The lowest BCUT2D eigenvalue weighted by molar-refractivity contribution is -0.166. The summed E-state index contributed by atoms with van der Waals surface area (Å²) < 4.78 is 23.3. The maximum absolute atomic E-state index is 12.7. The summed E-state index contributed by atoms with van der Waals surface area (Å²) in [5.41, 5.74) is 0.319. The zero-order valence-corrected chi connectivity index (χ0v) is 19.1. The Morgan fingerprint density at radius 2 is 1.74 bits per heavy atom. The minimum atomic E-state index is -1.14. The number of H-pyrrole nitrogens is 1. The molecule has 1 aromatic carbocycles. The minimum absolute atomic E-state index is 0.0151. The molecule has 2 aromatic heterocycles. The van der Waals surface area contributed by atoms with Gasteiger partial charge >= 0.3 is 17.9 Å². The Balaban J connectivity index is 1.74. The molecule has 2 N–H and O–H groups in total. The second kappa shape index (κ2) is 9.93. The summed E-state index contributed by atoms with van der Waals surface area (Å²) in [6.07, 6.45) is -2.98. The van der Waals surface area contributed by atoms with Crippen molar-refractivity contribution in [2.45, 2.75) is 45.3 Å². The predicted octanol–water partition coefficient (Wildman–Crippen LogP) is 1.19. The fraction of sp³-hybridized carbons (Fsp3) is 0.364. The van der Waals surface area contributed by atoms with Crippen molar-refractivity contribution >= 4 is 40.7 Å². The van der Waals surface area contributed by atoms with Crippen LogP contribution < -0.4 is 10.9 Å². The van der Waals surface area contributed by atoms with Crippen molar-refractivity contribution in [3.8, 4) is 0 Å². The first-order chi connectivity index (χ1) is 16.7. The van der Waals surface area contributed by atoms with Crippen LogP contribution in [0.5, 0.6) is 0 Å². The number of benzene rings is 1. The van der Waals surface area contributed by atoms with Crippen molar-refractivity contribution in [2.24, 2.45) is 0 Å². The fourth-order valence-corrected chi connectivity index (χ4v) is 3.75. The standard InChI is InChI=1S/C22H23N5O8/c1-11(28)32-9-15-17(33-12(2)29)18(34-13(3)30)21(35-15)27-10-23-16-19(27)25-22(26-20(16)31)24-14-7-5-4-6-8-14/h4-8,10,15,17-18,21H,9H2,1-3H3,(H2,24,25,26,31)/t15-,17-,18+,21+/m0/s1. The first-order valence-corrected chi connectivity index (χ1v) is 10.6. The lowest BCUT2D eigenvalue weighted by Crippen LogP contribution is -2.40. The number of aromatic nitrogens is 4. The number of hydrogen-bond acceptors (Lipinski definition) is 11. The number of aromatic amines is 1. The molecule has 4 rings (SSSR count). The van der Waals surface area contributed by atoms with Gasteiger partial charge in [-0.25, -0.2) is 4.98 Å². The van der Waals surface area contributed by atoms with Gasteiger partial charge in [-0.3, -0.25) is 28.7 Å². The number of hydrogen-bond donors (Lipinski definition) is 2. The largest absolute Gasteiger partial charge is 0.463 e. The SMILES string of the molecule is CC(=O)OC[C@@H]1O[C@@H](n2cnc3c(=O)[nH]c(Nc4ccccc4)nc32)[C@H](OC(C)=O)[C@H]1OC(C)=O. The second-order valence-corrected chi connectivity index (χ2v) is 7.75. The van der Waals surface area contributed by atoms with E-state index in [1.807, 2.05) is 18.2 Å². The number of ether oxygens (including phenoxy) is 4. The Morgan fingerprint density at radius 1 is 1.06 bits per heavy atom. The van der Waals surface area contributed by atoms with Crippen molar-refractivity contribution < 1.29 is 33.3 Å². The molecular formula is C22H23N5O8. The van der Waals surface area contributed by atoms with Gasteiger partial charge in [0, 0.05) is 26.5 Å². The third-order valence-corrected chi connectivity index (χ3v) is 5.08. The topological polar surface area (TPSA) is 164 Å². The number of anilines is 2. The van der Waals surface area contributed by atoms with E-state index >= 15 is 0 Å².